The SMILES string of the molecule is C=CCOc1cc[c]c(OC)c1C(C)(C)C. The lowest BCUT2D eigenvalue weighted by Gasteiger charge is -2.24. The molecule has 0 amide bonds. The maximum absolute atomic E-state index is 5.64. The van der Waals surface area contributed by atoms with Crippen molar-refractivity contribution < 1.29 is 9.47 Å². The molecule has 1 aromatic rings. The molecule has 1 aromatic carbocycles. The zero-order valence-electron chi connectivity index (χ0n) is 10.5. The molecule has 0 saturated carbocycles. The Morgan fingerprint density at radius 2 is 2.12 bits per heavy atom. The Morgan fingerprint density at radius 3 is 2.62 bits per heavy atom. The summed E-state index contributed by atoms with van der Waals surface area (Å²) in [4.78, 5) is 0. The number of rotatable bonds is 4. The van der Waals surface area contributed by atoms with Crippen LogP contribution in [0.2, 0.25) is 0 Å². The van der Waals surface area contributed by atoms with Crippen LogP contribution in [-0.4, -0.2) is 13.7 Å². The number of benzene rings is 1. The number of methoxy groups -OCH3 is 1. The van der Waals surface area contributed by atoms with Crippen LogP contribution in [0.5, 0.6) is 11.5 Å². The monoisotopic (exact) mass is 219 g/mol. The van der Waals surface area contributed by atoms with Gasteiger partial charge in [0.05, 0.1) is 7.11 Å². The van der Waals surface area contributed by atoms with E-state index in [1.165, 1.54) is 0 Å². The number of hydrogen-bond acceptors (Lipinski definition) is 2. The molecule has 0 bridgehead atoms. The predicted molar refractivity (Wildman–Crippen MR) is 66.2 cm³/mol. The Morgan fingerprint density at radius 1 is 1.44 bits per heavy atom. The molecule has 0 aliphatic heterocycles. The fourth-order valence-electron chi connectivity index (χ4n) is 1.60. The van der Waals surface area contributed by atoms with Crippen LogP contribution in [-0.2, 0) is 5.41 Å². The van der Waals surface area contributed by atoms with Crippen molar-refractivity contribution in [1.82, 2.24) is 0 Å². The molecule has 0 unspecified atom stereocenters. The lowest BCUT2D eigenvalue weighted by atomic mass is 9.85. The highest BCUT2D eigenvalue weighted by Gasteiger charge is 2.23. The molecule has 0 N–H and O–H groups in total. The van der Waals surface area contributed by atoms with Gasteiger partial charge < -0.3 is 9.47 Å². The fraction of sp³-hybridized carbons (Fsp3) is 0.429. The molecule has 87 valence electrons. The Labute approximate surface area is 97.9 Å². The lowest BCUT2D eigenvalue weighted by molar-refractivity contribution is 0.338. The van der Waals surface area contributed by atoms with Crippen molar-refractivity contribution in [1.29, 1.82) is 0 Å². The molecule has 2 heteroatoms. The van der Waals surface area contributed by atoms with Crippen LogP contribution in [0.3, 0.4) is 0 Å². The Kier molecular flexibility index (Phi) is 3.99. The van der Waals surface area contributed by atoms with Gasteiger partial charge in [-0.25, -0.2) is 0 Å². The second-order valence-corrected chi connectivity index (χ2v) is 4.60. The van der Waals surface area contributed by atoms with E-state index in [2.05, 4.69) is 33.4 Å². The van der Waals surface area contributed by atoms with Gasteiger partial charge in [-0.15, -0.1) is 0 Å². The van der Waals surface area contributed by atoms with Crippen molar-refractivity contribution in [2.24, 2.45) is 0 Å². The molecule has 16 heavy (non-hydrogen) atoms. The maximum atomic E-state index is 5.64. The van der Waals surface area contributed by atoms with Crippen LogP contribution < -0.4 is 9.47 Å². The summed E-state index contributed by atoms with van der Waals surface area (Å²) in [6.45, 7) is 10.5. The molecule has 1 rings (SSSR count). The van der Waals surface area contributed by atoms with Crippen molar-refractivity contribution in [3.8, 4) is 11.5 Å². The summed E-state index contributed by atoms with van der Waals surface area (Å²) >= 11 is 0. The first-order valence-corrected chi connectivity index (χ1v) is 5.33. The molecule has 0 atom stereocenters. The van der Waals surface area contributed by atoms with Crippen LogP contribution >= 0.6 is 0 Å². The zero-order valence-corrected chi connectivity index (χ0v) is 10.5. The third kappa shape index (κ3) is 2.78. The van der Waals surface area contributed by atoms with Gasteiger partial charge in [0.25, 0.3) is 0 Å². The van der Waals surface area contributed by atoms with E-state index in [1.54, 1.807) is 13.2 Å². The van der Waals surface area contributed by atoms with Gasteiger partial charge in [-0.05, 0) is 17.5 Å². The van der Waals surface area contributed by atoms with Crippen molar-refractivity contribution in [3.63, 3.8) is 0 Å². The van der Waals surface area contributed by atoms with E-state index in [4.69, 9.17) is 9.47 Å². The first-order chi connectivity index (χ1) is 7.50. The summed E-state index contributed by atoms with van der Waals surface area (Å²) in [6, 6.07) is 6.80. The third-order valence-electron chi connectivity index (χ3n) is 2.23. The Balaban J connectivity index is 3.20. The highest BCUT2D eigenvalue weighted by molar-refractivity contribution is 5.48. The van der Waals surface area contributed by atoms with E-state index in [9.17, 15) is 0 Å². The number of ether oxygens (including phenoxy) is 2. The van der Waals surface area contributed by atoms with Crippen molar-refractivity contribution in [2.75, 3.05) is 13.7 Å². The molecule has 0 aliphatic carbocycles. The molecule has 0 spiro atoms. The molecule has 0 fully saturated rings. The minimum atomic E-state index is -0.0421. The summed E-state index contributed by atoms with van der Waals surface area (Å²) in [5.74, 6) is 1.58. The van der Waals surface area contributed by atoms with E-state index in [0.29, 0.717) is 6.61 Å². The van der Waals surface area contributed by atoms with Crippen LogP contribution in [0.15, 0.2) is 24.8 Å². The molecule has 0 aromatic heterocycles. The van der Waals surface area contributed by atoms with Gasteiger partial charge in [0, 0.05) is 11.6 Å². The highest BCUT2D eigenvalue weighted by Crippen LogP contribution is 2.38. The zero-order chi connectivity index (χ0) is 12.2. The van der Waals surface area contributed by atoms with Crippen LogP contribution in [0, 0.1) is 6.07 Å². The summed E-state index contributed by atoms with van der Waals surface area (Å²) in [5.41, 5.74) is 0.999. The van der Waals surface area contributed by atoms with Gasteiger partial charge >= 0.3 is 0 Å². The van der Waals surface area contributed by atoms with E-state index in [-0.39, 0.29) is 5.41 Å². The quantitative estimate of drug-likeness (QED) is 0.723. The summed E-state index contributed by atoms with van der Waals surface area (Å²) in [5, 5.41) is 0. The second-order valence-electron chi connectivity index (χ2n) is 4.60. The first kappa shape index (κ1) is 12.6. The normalized spacial score (nSPS) is 11.0. The molecular weight excluding hydrogens is 200 g/mol. The standard InChI is InChI=1S/C14H19O2/c1-6-10-16-12-9-7-8-11(15-5)13(12)14(2,3)4/h6-7,9H,1,10H2,2-5H3. The van der Waals surface area contributed by atoms with Gasteiger partial charge in [0.2, 0.25) is 0 Å². The molecular formula is C14H19O2. The summed E-state index contributed by atoms with van der Waals surface area (Å²) in [6.07, 6.45) is 1.73. The van der Waals surface area contributed by atoms with E-state index >= 15 is 0 Å². The van der Waals surface area contributed by atoms with Crippen LogP contribution in [0.25, 0.3) is 0 Å². The largest absolute Gasteiger partial charge is 0.496 e. The summed E-state index contributed by atoms with van der Waals surface area (Å²) in [7, 11) is 1.65. The third-order valence-corrected chi connectivity index (χ3v) is 2.23. The molecule has 0 aliphatic rings. The van der Waals surface area contributed by atoms with Gasteiger partial charge in [-0.3, -0.25) is 0 Å². The van der Waals surface area contributed by atoms with Crippen molar-refractivity contribution >= 4 is 0 Å². The van der Waals surface area contributed by atoms with Crippen LogP contribution in [0.4, 0.5) is 0 Å². The van der Waals surface area contributed by atoms with Gasteiger partial charge in [0.15, 0.2) is 0 Å². The second kappa shape index (κ2) is 5.06. The van der Waals surface area contributed by atoms with E-state index < -0.39 is 0 Å². The van der Waals surface area contributed by atoms with Gasteiger partial charge in [-0.2, -0.15) is 0 Å². The number of hydrogen-bond donors (Lipinski definition) is 0. The Bertz CT molecular complexity index is 361. The maximum Gasteiger partial charge on any atom is 0.134 e. The molecule has 0 heterocycles. The minimum absolute atomic E-state index is 0.0421. The molecule has 0 saturated heterocycles. The van der Waals surface area contributed by atoms with E-state index in [0.717, 1.165) is 17.1 Å². The van der Waals surface area contributed by atoms with Gasteiger partial charge in [-0.1, -0.05) is 33.4 Å². The smallest absolute Gasteiger partial charge is 0.134 e. The average molecular weight is 219 g/mol. The predicted octanol–water partition coefficient (Wildman–Crippen LogP) is 3.36. The lowest BCUT2D eigenvalue weighted by Crippen LogP contribution is -2.15. The van der Waals surface area contributed by atoms with Crippen molar-refractivity contribution in [3.05, 3.63) is 36.4 Å². The molecule has 2 nitrogen and oxygen atoms in total. The topological polar surface area (TPSA) is 18.5 Å². The van der Waals surface area contributed by atoms with Gasteiger partial charge in [0.1, 0.15) is 18.1 Å². The minimum Gasteiger partial charge on any atom is -0.496 e. The van der Waals surface area contributed by atoms with Crippen molar-refractivity contribution in [2.45, 2.75) is 26.2 Å². The van der Waals surface area contributed by atoms with E-state index in [1.807, 2.05) is 12.1 Å². The molecule has 1 radical (unpaired) electrons. The Hall–Kier alpha value is -1.44. The summed E-state index contributed by atoms with van der Waals surface area (Å²) < 4.78 is 11.0. The highest BCUT2D eigenvalue weighted by atomic mass is 16.5. The fourth-order valence-corrected chi connectivity index (χ4v) is 1.60. The first-order valence-electron chi connectivity index (χ1n) is 5.33. The average Bonchev–Trinajstić information content (AvgIpc) is 2.24. The van der Waals surface area contributed by atoms with Crippen LogP contribution in [0.1, 0.15) is 26.3 Å².